The van der Waals surface area contributed by atoms with Gasteiger partial charge in [0.1, 0.15) is 0 Å². The van der Waals surface area contributed by atoms with Gasteiger partial charge in [0.05, 0.1) is 11.4 Å². The quantitative estimate of drug-likeness (QED) is 0.693. The molecule has 0 spiro atoms. The van der Waals surface area contributed by atoms with E-state index in [0.29, 0.717) is 13.1 Å². The predicted molar refractivity (Wildman–Crippen MR) is 123 cm³/mol. The Kier molecular flexibility index (Phi) is 8.05. The molecule has 1 aromatic heterocycles. The summed E-state index contributed by atoms with van der Waals surface area (Å²) in [4.78, 5) is 31.4. The number of carbonyl (C=O) groups is 2. The number of amides is 2. The largest absolute Gasteiger partial charge is 0.349 e. The van der Waals surface area contributed by atoms with Crippen molar-refractivity contribution in [3.63, 3.8) is 0 Å². The fourth-order valence-electron chi connectivity index (χ4n) is 3.82. The summed E-state index contributed by atoms with van der Waals surface area (Å²) in [6.45, 7) is 9.77. The van der Waals surface area contributed by atoms with Crippen molar-refractivity contribution in [3.8, 4) is 0 Å². The summed E-state index contributed by atoms with van der Waals surface area (Å²) in [5.74, 6) is 0.212. The molecule has 1 fully saturated rings. The Balaban J connectivity index is 1.46. The number of hydrogen-bond acceptors (Lipinski definition) is 4. The van der Waals surface area contributed by atoms with Crippen LogP contribution in [0, 0.1) is 13.8 Å². The van der Waals surface area contributed by atoms with Crippen molar-refractivity contribution in [1.29, 1.82) is 0 Å². The molecule has 0 bridgehead atoms. The average molecular weight is 428 g/mol. The van der Waals surface area contributed by atoms with Crippen molar-refractivity contribution >= 4 is 23.2 Å². The van der Waals surface area contributed by atoms with Crippen LogP contribution in [0.4, 0.5) is 0 Å². The van der Waals surface area contributed by atoms with Gasteiger partial charge in [0.25, 0.3) is 5.91 Å². The van der Waals surface area contributed by atoms with Crippen LogP contribution < -0.4 is 5.32 Å². The first-order valence-electron chi connectivity index (χ1n) is 10.9. The lowest BCUT2D eigenvalue weighted by atomic mass is 10.0. The number of rotatable bonds is 8. The van der Waals surface area contributed by atoms with Gasteiger partial charge in [-0.3, -0.25) is 14.5 Å². The average Bonchev–Trinajstić information content (AvgIpc) is 3.17. The smallest absolute Gasteiger partial charge is 0.261 e. The first-order chi connectivity index (χ1) is 14.4. The van der Waals surface area contributed by atoms with Crippen molar-refractivity contribution in [2.24, 2.45) is 0 Å². The van der Waals surface area contributed by atoms with Crippen molar-refractivity contribution < 1.29 is 9.59 Å². The number of hydrogen-bond donors (Lipinski definition) is 1. The van der Waals surface area contributed by atoms with E-state index in [1.54, 1.807) is 0 Å². The van der Waals surface area contributed by atoms with Gasteiger partial charge in [-0.1, -0.05) is 36.8 Å². The monoisotopic (exact) mass is 427 g/mol. The predicted octanol–water partition coefficient (Wildman–Crippen LogP) is 4.00. The number of nitrogens with one attached hydrogen (secondary N) is 1. The highest BCUT2D eigenvalue weighted by Crippen LogP contribution is 2.17. The Hall–Kier alpha value is -2.18. The molecule has 1 aliphatic heterocycles. The molecule has 5 nitrogen and oxygen atoms in total. The van der Waals surface area contributed by atoms with Crippen LogP contribution in [-0.4, -0.2) is 53.8 Å². The summed E-state index contributed by atoms with van der Waals surface area (Å²) in [7, 11) is 0. The second-order valence-corrected chi connectivity index (χ2v) is 9.52. The highest BCUT2D eigenvalue weighted by atomic mass is 32.1. The van der Waals surface area contributed by atoms with Gasteiger partial charge in [-0.2, -0.15) is 0 Å². The second kappa shape index (κ2) is 10.7. The van der Waals surface area contributed by atoms with Gasteiger partial charge in [-0.15, -0.1) is 11.3 Å². The molecule has 162 valence electrons. The molecule has 1 aliphatic rings. The van der Waals surface area contributed by atoms with Crippen molar-refractivity contribution in [3.05, 3.63) is 57.3 Å². The van der Waals surface area contributed by atoms with E-state index < -0.39 is 0 Å². The zero-order valence-electron chi connectivity index (χ0n) is 18.3. The molecular weight excluding hydrogens is 394 g/mol. The Labute approximate surface area is 184 Å². The van der Waals surface area contributed by atoms with Crippen LogP contribution in [0.1, 0.15) is 51.9 Å². The zero-order chi connectivity index (χ0) is 21.5. The topological polar surface area (TPSA) is 52.7 Å². The van der Waals surface area contributed by atoms with E-state index >= 15 is 0 Å². The standard InChI is InChI=1S/C24H33N3O2S/c1-4-13-27(16-20-8-5-18(2)6-9-20)23(28)17-26-14-11-21(12-15-26)25-24(29)22-10-7-19(3)30-22/h5-10,21H,4,11-17H2,1-3H3,(H,25,29). The number of piperidine rings is 1. The number of carbonyl (C=O) groups excluding carboxylic acids is 2. The van der Waals surface area contributed by atoms with E-state index in [0.717, 1.165) is 48.7 Å². The Morgan fingerprint density at radius 1 is 1.10 bits per heavy atom. The summed E-state index contributed by atoms with van der Waals surface area (Å²) in [6.07, 6.45) is 2.72. The Bertz CT molecular complexity index is 838. The minimum atomic E-state index is 0.0230. The van der Waals surface area contributed by atoms with Gasteiger partial charge in [0.15, 0.2) is 0 Å². The van der Waals surface area contributed by atoms with E-state index in [1.165, 1.54) is 22.5 Å². The summed E-state index contributed by atoms with van der Waals surface area (Å²) in [5, 5.41) is 3.15. The van der Waals surface area contributed by atoms with Gasteiger partial charge in [-0.05, 0) is 50.8 Å². The summed E-state index contributed by atoms with van der Waals surface area (Å²) in [6, 6.07) is 12.5. The molecule has 0 radical (unpaired) electrons. The fourth-order valence-corrected chi connectivity index (χ4v) is 4.59. The number of benzene rings is 1. The molecule has 1 aromatic carbocycles. The van der Waals surface area contributed by atoms with Crippen molar-refractivity contribution in [2.75, 3.05) is 26.2 Å². The molecule has 0 saturated carbocycles. The summed E-state index contributed by atoms with van der Waals surface area (Å²) in [5.41, 5.74) is 2.41. The lowest BCUT2D eigenvalue weighted by Crippen LogP contribution is -2.48. The highest BCUT2D eigenvalue weighted by molar-refractivity contribution is 7.13. The Morgan fingerprint density at radius 2 is 1.80 bits per heavy atom. The van der Waals surface area contributed by atoms with Crippen LogP contribution in [0.3, 0.4) is 0 Å². The maximum Gasteiger partial charge on any atom is 0.261 e. The van der Waals surface area contributed by atoms with Crippen LogP contribution in [0.15, 0.2) is 36.4 Å². The number of nitrogens with zero attached hydrogens (tertiary/aromatic N) is 2. The summed E-state index contributed by atoms with van der Waals surface area (Å²) >= 11 is 1.53. The van der Waals surface area contributed by atoms with Crippen molar-refractivity contribution in [1.82, 2.24) is 15.1 Å². The molecule has 3 rings (SSSR count). The number of thiophene rings is 1. The molecule has 1 saturated heterocycles. The molecule has 2 heterocycles. The molecular formula is C24H33N3O2S. The lowest BCUT2D eigenvalue weighted by molar-refractivity contribution is -0.133. The van der Waals surface area contributed by atoms with Gasteiger partial charge in [-0.25, -0.2) is 0 Å². The molecule has 0 aliphatic carbocycles. The maximum absolute atomic E-state index is 12.9. The van der Waals surface area contributed by atoms with Crippen molar-refractivity contribution in [2.45, 2.75) is 52.6 Å². The maximum atomic E-state index is 12.9. The molecule has 1 N–H and O–H groups in total. The van der Waals surface area contributed by atoms with E-state index in [-0.39, 0.29) is 17.9 Å². The number of aryl methyl sites for hydroxylation is 2. The summed E-state index contributed by atoms with van der Waals surface area (Å²) < 4.78 is 0. The van der Waals surface area contributed by atoms with E-state index in [2.05, 4.69) is 48.3 Å². The van der Waals surface area contributed by atoms with E-state index in [9.17, 15) is 9.59 Å². The van der Waals surface area contributed by atoms with Crippen LogP contribution in [0.25, 0.3) is 0 Å². The van der Waals surface area contributed by atoms with Crippen LogP contribution >= 0.6 is 11.3 Å². The number of likely N-dealkylation sites (tertiary alicyclic amines) is 1. The molecule has 30 heavy (non-hydrogen) atoms. The van der Waals surface area contributed by atoms with Crippen LogP contribution in [0.2, 0.25) is 0 Å². The lowest BCUT2D eigenvalue weighted by Gasteiger charge is -2.33. The Morgan fingerprint density at radius 3 is 2.40 bits per heavy atom. The SMILES string of the molecule is CCCN(Cc1ccc(C)cc1)C(=O)CN1CCC(NC(=O)c2ccc(C)s2)CC1. The molecule has 0 unspecified atom stereocenters. The molecule has 2 aromatic rings. The first kappa shape index (κ1) is 22.5. The second-order valence-electron chi connectivity index (χ2n) is 8.24. The molecule has 0 atom stereocenters. The van der Waals surface area contributed by atoms with Gasteiger partial charge in [0, 0.05) is 37.1 Å². The highest BCUT2D eigenvalue weighted by Gasteiger charge is 2.24. The van der Waals surface area contributed by atoms with Crippen LogP contribution in [0.5, 0.6) is 0 Å². The third-order valence-corrected chi connectivity index (χ3v) is 6.59. The minimum Gasteiger partial charge on any atom is -0.349 e. The normalized spacial score (nSPS) is 15.2. The van der Waals surface area contributed by atoms with Gasteiger partial charge >= 0.3 is 0 Å². The first-order valence-corrected chi connectivity index (χ1v) is 11.7. The third kappa shape index (κ3) is 6.41. The van der Waals surface area contributed by atoms with Gasteiger partial charge < -0.3 is 10.2 Å². The molecule has 6 heteroatoms. The van der Waals surface area contributed by atoms with Gasteiger partial charge in [0.2, 0.25) is 5.91 Å². The third-order valence-electron chi connectivity index (χ3n) is 5.59. The minimum absolute atomic E-state index is 0.0230. The van der Waals surface area contributed by atoms with E-state index in [1.807, 2.05) is 24.0 Å². The zero-order valence-corrected chi connectivity index (χ0v) is 19.1. The van der Waals surface area contributed by atoms with Crippen LogP contribution in [-0.2, 0) is 11.3 Å². The fraction of sp³-hybridized carbons (Fsp3) is 0.500. The van der Waals surface area contributed by atoms with E-state index in [4.69, 9.17) is 0 Å². The molecule has 2 amide bonds.